The first-order valence-electron chi connectivity index (χ1n) is 13.1. The lowest BCUT2D eigenvalue weighted by Crippen LogP contribution is -1.95. The molecule has 0 radical (unpaired) electrons. The van der Waals surface area contributed by atoms with Gasteiger partial charge in [-0.2, -0.15) is 0 Å². The average molecular weight is 483 g/mol. The first kappa shape index (κ1) is 22.3. The van der Waals surface area contributed by atoms with Gasteiger partial charge in [-0.25, -0.2) is 0 Å². The summed E-state index contributed by atoms with van der Waals surface area (Å²) in [4.78, 5) is 0. The maximum absolute atomic E-state index is 2.34. The highest BCUT2D eigenvalue weighted by molar-refractivity contribution is 6.04. The second-order valence-corrected chi connectivity index (χ2v) is 9.77. The van der Waals surface area contributed by atoms with E-state index in [4.69, 9.17) is 0 Å². The Kier molecular flexibility index (Phi) is 5.57. The van der Waals surface area contributed by atoms with Gasteiger partial charge in [-0.15, -0.1) is 0 Å². The quantitative estimate of drug-likeness (QED) is 0.234. The zero-order valence-electron chi connectivity index (χ0n) is 21.0. The molecule has 7 rings (SSSR count). The lowest BCUT2D eigenvalue weighted by Gasteiger charge is -2.21. The minimum absolute atomic E-state index is 1.22. The van der Waals surface area contributed by atoms with Crippen molar-refractivity contribution in [2.24, 2.45) is 0 Å². The van der Waals surface area contributed by atoms with Crippen molar-refractivity contribution < 1.29 is 0 Å². The molecule has 0 aliphatic carbocycles. The highest BCUT2D eigenvalue weighted by Gasteiger charge is 2.19. The van der Waals surface area contributed by atoms with Crippen molar-refractivity contribution in [2.75, 3.05) is 0 Å². The Hall–Kier alpha value is -4.94. The van der Waals surface area contributed by atoms with Gasteiger partial charge in [0, 0.05) is 0 Å². The van der Waals surface area contributed by atoms with Gasteiger partial charge in [0.05, 0.1) is 0 Å². The van der Waals surface area contributed by atoms with E-state index in [0.717, 1.165) is 0 Å². The van der Waals surface area contributed by atoms with E-state index in [0.29, 0.717) is 0 Å². The van der Waals surface area contributed by atoms with Crippen molar-refractivity contribution in [3.8, 4) is 44.5 Å². The Bertz CT molecular complexity index is 1900. The summed E-state index contributed by atoms with van der Waals surface area (Å²) in [6.07, 6.45) is 0. The van der Waals surface area contributed by atoms with E-state index in [1.165, 1.54) is 66.1 Å². The second-order valence-electron chi connectivity index (χ2n) is 9.77. The number of hydrogen-bond donors (Lipinski definition) is 0. The highest BCUT2D eigenvalue weighted by atomic mass is 14.2. The number of rotatable bonds is 4. The minimum Gasteiger partial charge on any atom is -0.0622 e. The van der Waals surface area contributed by atoms with E-state index in [9.17, 15) is 0 Å². The molecule has 7 aromatic rings. The second kappa shape index (κ2) is 9.50. The monoisotopic (exact) mass is 482 g/mol. The molecule has 0 saturated heterocycles. The molecule has 0 atom stereocenters. The maximum atomic E-state index is 2.34. The fraction of sp³-hybridized carbons (Fsp3) is 0. The highest BCUT2D eigenvalue weighted by Crippen LogP contribution is 2.46. The van der Waals surface area contributed by atoms with Crippen molar-refractivity contribution in [2.45, 2.75) is 0 Å². The zero-order valence-corrected chi connectivity index (χ0v) is 21.0. The molecular weight excluding hydrogens is 456 g/mol. The molecule has 0 aliphatic rings. The summed E-state index contributed by atoms with van der Waals surface area (Å²) in [6.45, 7) is 0. The van der Waals surface area contributed by atoms with Gasteiger partial charge in [-0.3, -0.25) is 0 Å². The standard InChI is InChI=1S/C38H26/c1-3-13-29(14-4-1)35-23-24-36(33-21-19-27-11-7-9-17-31(27)25-33)38(37(35)30-15-5-2-6-16-30)34-22-20-28-12-8-10-18-32(28)26-34/h1-26H. The topological polar surface area (TPSA) is 0 Å². The molecule has 0 spiro atoms. The molecule has 178 valence electrons. The maximum Gasteiger partial charge on any atom is -0.00203 e. The molecule has 0 unspecified atom stereocenters. The SMILES string of the molecule is c1ccc(-c2ccc(-c3ccc4ccccc4c3)c(-c3ccc4ccccc4c3)c2-c2ccccc2)cc1. The van der Waals surface area contributed by atoms with Crippen LogP contribution >= 0.6 is 0 Å². The molecule has 0 aliphatic heterocycles. The van der Waals surface area contributed by atoms with E-state index in [-0.39, 0.29) is 0 Å². The van der Waals surface area contributed by atoms with Crippen LogP contribution in [0, 0.1) is 0 Å². The molecule has 7 aromatic carbocycles. The smallest absolute Gasteiger partial charge is 0.00203 e. The summed E-state index contributed by atoms with van der Waals surface area (Å²) in [6, 6.07) is 57.1. The molecular formula is C38H26. The Labute approximate surface area is 223 Å². The summed E-state index contributed by atoms with van der Waals surface area (Å²) < 4.78 is 0. The lowest BCUT2D eigenvalue weighted by molar-refractivity contribution is 1.55. The Balaban J connectivity index is 1.60. The minimum atomic E-state index is 1.22. The van der Waals surface area contributed by atoms with E-state index in [1.807, 2.05) is 0 Å². The molecule has 0 fully saturated rings. The summed E-state index contributed by atoms with van der Waals surface area (Å²) in [5, 5.41) is 5.01. The van der Waals surface area contributed by atoms with E-state index < -0.39 is 0 Å². The third-order valence-electron chi connectivity index (χ3n) is 7.45. The van der Waals surface area contributed by atoms with Crippen LogP contribution in [0.1, 0.15) is 0 Å². The van der Waals surface area contributed by atoms with E-state index >= 15 is 0 Å². The average Bonchev–Trinajstić information content (AvgIpc) is 3.00. The molecule has 0 bridgehead atoms. The van der Waals surface area contributed by atoms with Gasteiger partial charge < -0.3 is 0 Å². The van der Waals surface area contributed by atoms with Crippen LogP contribution in [-0.4, -0.2) is 0 Å². The predicted molar refractivity (Wildman–Crippen MR) is 163 cm³/mol. The molecule has 0 heterocycles. The normalized spacial score (nSPS) is 11.2. The van der Waals surface area contributed by atoms with Crippen molar-refractivity contribution in [3.63, 3.8) is 0 Å². The van der Waals surface area contributed by atoms with Gasteiger partial charge in [0.25, 0.3) is 0 Å². The van der Waals surface area contributed by atoms with E-state index in [1.54, 1.807) is 0 Å². The van der Waals surface area contributed by atoms with Crippen molar-refractivity contribution in [1.29, 1.82) is 0 Å². The fourth-order valence-electron chi connectivity index (χ4n) is 5.61. The summed E-state index contributed by atoms with van der Waals surface area (Å²) in [7, 11) is 0. The summed E-state index contributed by atoms with van der Waals surface area (Å²) in [5.41, 5.74) is 9.90. The molecule has 0 aromatic heterocycles. The Morgan fingerprint density at radius 1 is 0.237 bits per heavy atom. The molecule has 0 amide bonds. The number of benzene rings is 7. The van der Waals surface area contributed by atoms with Crippen LogP contribution in [0.25, 0.3) is 66.1 Å². The van der Waals surface area contributed by atoms with Crippen LogP contribution in [0.3, 0.4) is 0 Å². The van der Waals surface area contributed by atoms with Gasteiger partial charge in [-0.05, 0) is 78.2 Å². The third-order valence-corrected chi connectivity index (χ3v) is 7.45. The molecule has 0 nitrogen and oxygen atoms in total. The van der Waals surface area contributed by atoms with Crippen LogP contribution in [0.4, 0.5) is 0 Å². The first-order valence-corrected chi connectivity index (χ1v) is 13.1. The zero-order chi connectivity index (χ0) is 25.3. The van der Waals surface area contributed by atoms with Crippen LogP contribution in [0.2, 0.25) is 0 Å². The van der Waals surface area contributed by atoms with Gasteiger partial charge >= 0.3 is 0 Å². The third kappa shape index (κ3) is 3.97. The van der Waals surface area contributed by atoms with Gasteiger partial charge in [0.1, 0.15) is 0 Å². The van der Waals surface area contributed by atoms with Crippen LogP contribution in [0.5, 0.6) is 0 Å². The van der Waals surface area contributed by atoms with Crippen molar-refractivity contribution in [3.05, 3.63) is 158 Å². The Morgan fingerprint density at radius 3 is 1.26 bits per heavy atom. The van der Waals surface area contributed by atoms with Gasteiger partial charge in [0.2, 0.25) is 0 Å². The van der Waals surface area contributed by atoms with Crippen molar-refractivity contribution >= 4 is 21.5 Å². The predicted octanol–water partition coefficient (Wildman–Crippen LogP) is 10.7. The fourth-order valence-corrected chi connectivity index (χ4v) is 5.61. The summed E-state index contributed by atoms with van der Waals surface area (Å²) >= 11 is 0. The molecule has 0 N–H and O–H groups in total. The van der Waals surface area contributed by atoms with Crippen LogP contribution < -0.4 is 0 Å². The number of hydrogen-bond acceptors (Lipinski definition) is 0. The van der Waals surface area contributed by atoms with Gasteiger partial charge in [-0.1, -0.05) is 146 Å². The van der Waals surface area contributed by atoms with Crippen LogP contribution in [0.15, 0.2) is 158 Å². The largest absolute Gasteiger partial charge is 0.0622 e. The molecule has 0 heteroatoms. The van der Waals surface area contributed by atoms with E-state index in [2.05, 4.69) is 158 Å². The van der Waals surface area contributed by atoms with Crippen molar-refractivity contribution in [1.82, 2.24) is 0 Å². The van der Waals surface area contributed by atoms with Crippen LogP contribution in [-0.2, 0) is 0 Å². The van der Waals surface area contributed by atoms with Gasteiger partial charge in [0.15, 0.2) is 0 Å². The first-order chi connectivity index (χ1) is 18.8. The molecule has 0 saturated carbocycles. The Morgan fingerprint density at radius 2 is 0.658 bits per heavy atom. The lowest BCUT2D eigenvalue weighted by atomic mass is 9.82. The molecule has 38 heavy (non-hydrogen) atoms. The number of fused-ring (bicyclic) bond motifs is 2. The summed E-state index contributed by atoms with van der Waals surface area (Å²) in [5.74, 6) is 0.